The smallest absolute Gasteiger partial charge is 0.252 e. The first-order valence-corrected chi connectivity index (χ1v) is 10.6. The van der Waals surface area contributed by atoms with Crippen LogP contribution < -0.4 is 15.0 Å². The normalized spacial score (nSPS) is 10.8. The molecule has 4 rings (SSSR count). The van der Waals surface area contributed by atoms with Crippen molar-refractivity contribution in [1.29, 1.82) is 0 Å². The second-order valence-corrected chi connectivity index (χ2v) is 7.39. The van der Waals surface area contributed by atoms with Crippen molar-refractivity contribution in [2.75, 3.05) is 13.7 Å². The molecule has 0 atom stereocenters. The molecule has 8 nitrogen and oxygen atoms in total. The topological polar surface area (TPSA) is 103 Å². The van der Waals surface area contributed by atoms with Crippen LogP contribution >= 0.6 is 11.8 Å². The number of nitrogens with one attached hydrogen (secondary N) is 1. The molecule has 0 spiro atoms. The Kier molecular flexibility index (Phi) is 6.32. The van der Waals surface area contributed by atoms with E-state index in [0.717, 1.165) is 16.9 Å². The van der Waals surface area contributed by atoms with Gasteiger partial charge in [0.2, 0.25) is 11.7 Å². The van der Waals surface area contributed by atoms with E-state index in [0.29, 0.717) is 40.7 Å². The van der Waals surface area contributed by atoms with Gasteiger partial charge in [-0.1, -0.05) is 41.2 Å². The van der Waals surface area contributed by atoms with Crippen LogP contribution in [0.2, 0.25) is 0 Å². The predicted octanol–water partition coefficient (Wildman–Crippen LogP) is 4.19. The second kappa shape index (κ2) is 9.48. The summed E-state index contributed by atoms with van der Waals surface area (Å²) in [7, 11) is 1.59. The number of hydrogen-bond acceptors (Lipinski definition) is 8. The van der Waals surface area contributed by atoms with Crippen molar-refractivity contribution in [3.8, 4) is 34.1 Å². The molecule has 0 radical (unpaired) electrons. The molecular weight excluding hydrogens is 416 g/mol. The molecule has 0 saturated carbocycles. The fraction of sp³-hybridized carbons (Fsp3) is 0.182. The van der Waals surface area contributed by atoms with E-state index in [1.54, 1.807) is 7.11 Å². The molecule has 158 valence electrons. The van der Waals surface area contributed by atoms with E-state index in [1.807, 2.05) is 55.5 Å². The zero-order valence-electron chi connectivity index (χ0n) is 17.0. The highest BCUT2D eigenvalue weighted by Crippen LogP contribution is 2.26. The van der Waals surface area contributed by atoms with Crippen LogP contribution in [0.3, 0.4) is 0 Å². The molecule has 0 amide bonds. The minimum absolute atomic E-state index is 0.241. The molecule has 0 aliphatic heterocycles. The third kappa shape index (κ3) is 5.13. The highest BCUT2D eigenvalue weighted by molar-refractivity contribution is 7.98. The number of benzene rings is 2. The Labute approximate surface area is 182 Å². The Bertz CT molecular complexity index is 1240. The van der Waals surface area contributed by atoms with Crippen LogP contribution in [0.1, 0.15) is 12.8 Å². The third-order valence-electron chi connectivity index (χ3n) is 4.29. The Hall–Kier alpha value is -3.59. The van der Waals surface area contributed by atoms with Gasteiger partial charge in [0, 0.05) is 17.2 Å². The molecule has 1 N–H and O–H groups in total. The van der Waals surface area contributed by atoms with Crippen molar-refractivity contribution in [2.45, 2.75) is 17.8 Å². The van der Waals surface area contributed by atoms with Crippen molar-refractivity contribution >= 4 is 11.8 Å². The van der Waals surface area contributed by atoms with Gasteiger partial charge in [0.1, 0.15) is 11.5 Å². The van der Waals surface area contributed by atoms with E-state index >= 15 is 0 Å². The van der Waals surface area contributed by atoms with E-state index in [-0.39, 0.29) is 5.56 Å². The molecule has 0 bridgehead atoms. The standard InChI is InChI=1S/C22H20N4O4S/c1-3-29-17-9-5-7-15(11-17)21-25-20(30-26-21)13-31-22-23-18(12-19(27)24-22)14-6-4-8-16(10-14)28-2/h4-12H,3,13H2,1-2H3,(H,23,24,27). The summed E-state index contributed by atoms with van der Waals surface area (Å²) in [5.41, 5.74) is 1.91. The first-order chi connectivity index (χ1) is 15.1. The number of aromatic nitrogens is 4. The van der Waals surface area contributed by atoms with Crippen LogP contribution in [-0.4, -0.2) is 33.8 Å². The fourth-order valence-corrected chi connectivity index (χ4v) is 3.60. The Morgan fingerprint density at radius 2 is 1.81 bits per heavy atom. The summed E-state index contributed by atoms with van der Waals surface area (Å²) in [6.45, 7) is 2.51. The quantitative estimate of drug-likeness (QED) is 0.324. The van der Waals surface area contributed by atoms with E-state index in [1.165, 1.54) is 17.8 Å². The molecule has 0 aliphatic carbocycles. The second-order valence-electron chi connectivity index (χ2n) is 6.43. The van der Waals surface area contributed by atoms with Gasteiger partial charge in [0.15, 0.2) is 5.16 Å². The van der Waals surface area contributed by atoms with Gasteiger partial charge in [0.25, 0.3) is 5.56 Å². The Morgan fingerprint density at radius 3 is 2.61 bits per heavy atom. The summed E-state index contributed by atoms with van der Waals surface area (Å²) >= 11 is 1.31. The number of hydrogen-bond donors (Lipinski definition) is 1. The number of methoxy groups -OCH3 is 1. The van der Waals surface area contributed by atoms with Crippen molar-refractivity contribution in [2.24, 2.45) is 0 Å². The summed E-state index contributed by atoms with van der Waals surface area (Å²) in [5, 5.41) is 4.50. The molecule has 2 heterocycles. The number of thioether (sulfide) groups is 1. The van der Waals surface area contributed by atoms with E-state index in [9.17, 15) is 4.79 Å². The van der Waals surface area contributed by atoms with Crippen LogP contribution in [-0.2, 0) is 5.75 Å². The van der Waals surface area contributed by atoms with Crippen LogP contribution in [0.25, 0.3) is 22.6 Å². The van der Waals surface area contributed by atoms with Crippen LogP contribution in [0.15, 0.2) is 69.1 Å². The monoisotopic (exact) mass is 436 g/mol. The zero-order valence-corrected chi connectivity index (χ0v) is 17.8. The zero-order chi connectivity index (χ0) is 21.6. The van der Waals surface area contributed by atoms with Crippen molar-refractivity contribution in [1.82, 2.24) is 20.1 Å². The Balaban J connectivity index is 1.49. The molecule has 0 unspecified atom stereocenters. The number of ether oxygens (including phenoxy) is 2. The highest BCUT2D eigenvalue weighted by Gasteiger charge is 2.12. The van der Waals surface area contributed by atoms with Crippen LogP contribution in [0, 0.1) is 0 Å². The van der Waals surface area contributed by atoms with Gasteiger partial charge in [-0.05, 0) is 31.2 Å². The maximum atomic E-state index is 12.1. The first kappa shape index (κ1) is 20.7. The number of aromatic amines is 1. The lowest BCUT2D eigenvalue weighted by Crippen LogP contribution is -2.08. The van der Waals surface area contributed by atoms with E-state index < -0.39 is 0 Å². The minimum Gasteiger partial charge on any atom is -0.497 e. The molecule has 4 aromatic rings. The highest BCUT2D eigenvalue weighted by atomic mass is 32.2. The van der Waals surface area contributed by atoms with Gasteiger partial charge in [-0.2, -0.15) is 4.98 Å². The van der Waals surface area contributed by atoms with E-state index in [2.05, 4.69) is 20.1 Å². The average molecular weight is 436 g/mol. The minimum atomic E-state index is -0.241. The summed E-state index contributed by atoms with van der Waals surface area (Å²) < 4.78 is 16.1. The van der Waals surface area contributed by atoms with Crippen LogP contribution in [0.5, 0.6) is 11.5 Å². The molecule has 0 aliphatic rings. The molecule has 2 aromatic carbocycles. The van der Waals surface area contributed by atoms with Crippen molar-refractivity contribution < 1.29 is 14.0 Å². The van der Waals surface area contributed by atoms with Crippen molar-refractivity contribution in [3.05, 3.63) is 70.8 Å². The molecule has 9 heteroatoms. The molecule has 0 fully saturated rings. The molecule has 2 aromatic heterocycles. The third-order valence-corrected chi connectivity index (χ3v) is 5.15. The van der Waals surface area contributed by atoms with Gasteiger partial charge >= 0.3 is 0 Å². The summed E-state index contributed by atoms with van der Waals surface area (Å²) in [5.74, 6) is 2.71. The van der Waals surface area contributed by atoms with Gasteiger partial charge in [-0.25, -0.2) is 4.98 Å². The lowest BCUT2D eigenvalue weighted by molar-refractivity contribution is 0.340. The largest absolute Gasteiger partial charge is 0.497 e. The fourth-order valence-electron chi connectivity index (χ4n) is 2.89. The van der Waals surface area contributed by atoms with Gasteiger partial charge < -0.3 is 19.0 Å². The van der Waals surface area contributed by atoms with Gasteiger partial charge in [-0.15, -0.1) is 0 Å². The maximum absolute atomic E-state index is 12.1. The number of H-pyrrole nitrogens is 1. The number of rotatable bonds is 8. The maximum Gasteiger partial charge on any atom is 0.252 e. The Morgan fingerprint density at radius 1 is 1.03 bits per heavy atom. The SMILES string of the molecule is CCOc1cccc(-c2noc(CSc3nc(-c4cccc(OC)c4)cc(=O)[nH]3)n2)c1. The van der Waals surface area contributed by atoms with Gasteiger partial charge in [-0.3, -0.25) is 4.79 Å². The summed E-state index contributed by atoms with van der Waals surface area (Å²) in [4.78, 5) is 23.8. The first-order valence-electron chi connectivity index (χ1n) is 9.59. The summed E-state index contributed by atoms with van der Waals surface area (Å²) in [6, 6.07) is 16.4. The summed E-state index contributed by atoms with van der Waals surface area (Å²) in [6.07, 6.45) is 0. The van der Waals surface area contributed by atoms with E-state index in [4.69, 9.17) is 14.0 Å². The molecule has 0 saturated heterocycles. The lowest BCUT2D eigenvalue weighted by atomic mass is 10.1. The van der Waals surface area contributed by atoms with Crippen molar-refractivity contribution in [3.63, 3.8) is 0 Å². The lowest BCUT2D eigenvalue weighted by Gasteiger charge is -2.05. The van der Waals surface area contributed by atoms with Gasteiger partial charge in [0.05, 0.1) is 25.2 Å². The molecular formula is C22H20N4O4S. The average Bonchev–Trinajstić information content (AvgIpc) is 3.27. The van der Waals surface area contributed by atoms with Crippen LogP contribution in [0.4, 0.5) is 0 Å². The molecule has 31 heavy (non-hydrogen) atoms. The number of nitrogens with zero attached hydrogens (tertiary/aromatic N) is 3. The predicted molar refractivity (Wildman–Crippen MR) is 117 cm³/mol.